The van der Waals surface area contributed by atoms with Gasteiger partial charge in [-0.2, -0.15) is 0 Å². The molecule has 18 atom stereocenters. The Morgan fingerprint density at radius 1 is 0.435 bits per heavy atom. The number of hydrogen-bond acceptors (Lipinski definition) is 22. The van der Waals surface area contributed by atoms with Crippen LogP contribution in [-0.4, -0.2) is 165 Å². The number of anilines is 4. The molecule has 3 aliphatic heterocycles. The third-order valence-electron chi connectivity index (χ3n) is 23.0. The Hall–Kier alpha value is -10.4. The topological polar surface area (TPSA) is 402 Å². The van der Waals surface area contributed by atoms with E-state index in [0.29, 0.717) is 89.5 Å². The van der Waals surface area contributed by atoms with E-state index in [0.717, 1.165) is 22.3 Å². The molecule has 0 aromatic heterocycles. The Morgan fingerprint density at radius 3 is 1.04 bits per heavy atom. The Bertz CT molecular complexity index is 4580. The van der Waals surface area contributed by atoms with Crippen molar-refractivity contribution in [1.82, 2.24) is 0 Å². The van der Waals surface area contributed by atoms with Crippen molar-refractivity contribution in [2.75, 3.05) is 49.7 Å². The molecular weight excluding hydrogens is 1590 g/mol. The number of phenolic OH excluding ortho intramolecular Hbond substituents is 6. The number of aliphatic hydroxyl groups is 3. The highest BCUT2D eigenvalue weighted by molar-refractivity contribution is 6.06. The number of rotatable bonds is 12. The zero-order valence-corrected chi connectivity index (χ0v) is 76.1. The Morgan fingerprint density at radius 2 is 0.734 bits per heavy atom. The van der Waals surface area contributed by atoms with Gasteiger partial charge in [0.25, 0.3) is 17.7 Å². The molecule has 0 spiro atoms. The summed E-state index contributed by atoms with van der Waals surface area (Å²) in [5.41, 5.74) is 13.2. The van der Waals surface area contributed by atoms with Crippen molar-refractivity contribution in [3.05, 3.63) is 188 Å². The Kier molecular flexibility index (Phi) is 42.0. The van der Waals surface area contributed by atoms with Crippen LogP contribution in [0.5, 0.6) is 34.5 Å². The molecule has 3 amide bonds. The van der Waals surface area contributed by atoms with Crippen molar-refractivity contribution >= 4 is 58.4 Å². The van der Waals surface area contributed by atoms with E-state index < -0.39 is 97.2 Å². The lowest BCUT2D eigenvalue weighted by Crippen LogP contribution is -2.35. The number of allylic oxidation sites excluding steroid dienone is 6. The van der Waals surface area contributed by atoms with Crippen LogP contribution < -0.4 is 21.7 Å². The lowest BCUT2D eigenvalue weighted by atomic mass is 9.85. The van der Waals surface area contributed by atoms with Crippen LogP contribution in [0.15, 0.2) is 155 Å². The van der Waals surface area contributed by atoms with Gasteiger partial charge in [-0.25, -0.2) is 0 Å². The number of fused-ring (bicyclic) bond motifs is 6. The van der Waals surface area contributed by atoms with Crippen LogP contribution in [0.4, 0.5) is 27.1 Å². The first-order valence-corrected chi connectivity index (χ1v) is 42.6. The normalized spacial score (nSPS) is 29.7. The van der Waals surface area contributed by atoms with Gasteiger partial charge in [0, 0.05) is 140 Å². The van der Waals surface area contributed by atoms with Crippen molar-refractivity contribution in [3.8, 4) is 34.5 Å². The number of nitrogens with one attached hydrogen (secondary N) is 3. The van der Waals surface area contributed by atoms with E-state index in [-0.39, 0.29) is 130 Å². The molecule has 0 radical (unpaired) electrons. The number of nitrogen functional groups attached to an aromatic ring is 1. The quantitative estimate of drug-likeness (QED) is 0.0156. The van der Waals surface area contributed by atoms with Gasteiger partial charge in [0.2, 0.25) is 0 Å². The highest BCUT2D eigenvalue weighted by Gasteiger charge is 2.35. The number of aromatic hydroxyl groups is 6. The monoisotopic (exact) mass is 1720 g/mol. The molecule has 25 nitrogen and oxygen atoms in total. The highest BCUT2D eigenvalue weighted by Crippen LogP contribution is 2.44. The van der Waals surface area contributed by atoms with Gasteiger partial charge in [0.15, 0.2) is 0 Å². The highest BCUT2D eigenvalue weighted by atomic mass is 19.1. The average Bonchev–Trinajstić information content (AvgIpc) is 0.834. The Labute approximate surface area is 731 Å². The fourth-order valence-corrected chi connectivity index (χ4v) is 16.0. The Balaban J connectivity index is 0.000000332. The summed E-state index contributed by atoms with van der Waals surface area (Å²) in [4.78, 5) is 74.6. The standard InChI is InChI=1S/C37H49NO7.C32H46FNO7.C29H42N2O7/c1-22-18-30-29(17-16-28-14-9-8-10-15-28)32(40)21-31(35(30)42)38-37(43)24(3)13-11-12-23(2)36(45-27(6)39)26(5)20-25(4)34(41)33(19-22)44-7;1-18-14-25-24(12-9-13-33)27(36)17-26(30(25)38)34-32(39)20(3)11-8-10-19(2)31(41-23(6)35)22(5)16-21(4)29(37)28(15-18)40-7;1-15-11-21-25(30)23(33)14-22(27(21)35)31-29(36)17(3)10-8-9-16(2)28(38-20(6)32)19(5)13-18(4)26(34)24(12-15)37-7/h8-15,20-23,25,33-34,36,40-42H,16-19H2,1-7H3,(H,38,43);8,10-11,16-19,21,28-29,31,36-38H,9,12-15H2,1-7H3,(H,34,39);8-10,13-16,18,24,26,28,33-35H,11-12,30H2,1-7H3,(H,31,36)/b12-11-,24-13+,26-20+;10-8-,20-11+,22-16+;9-8-,17-10+,19-13+/t22-,23+,25+,33+,34-,36-;18-,19+,21+,28+,29-,31-;15-,16+,18+,24+,26-,28-/m111/s1. The maximum Gasteiger partial charge on any atom is 0.303 e. The fourth-order valence-electron chi connectivity index (χ4n) is 16.0. The van der Waals surface area contributed by atoms with Crippen molar-refractivity contribution < 1.29 is 108 Å². The number of esters is 3. The van der Waals surface area contributed by atoms with Crippen LogP contribution >= 0.6 is 0 Å². The van der Waals surface area contributed by atoms with Crippen LogP contribution in [0.25, 0.3) is 0 Å². The number of aliphatic hydroxyl groups excluding tert-OH is 3. The minimum atomic E-state index is -0.882. The van der Waals surface area contributed by atoms with Crippen LogP contribution in [0.1, 0.15) is 184 Å². The largest absolute Gasteiger partial charge is 0.508 e. The van der Waals surface area contributed by atoms with E-state index >= 15 is 0 Å². The summed E-state index contributed by atoms with van der Waals surface area (Å²) in [6.07, 6.45) is 19.0. The van der Waals surface area contributed by atoms with Gasteiger partial charge >= 0.3 is 17.9 Å². The molecule has 0 saturated heterocycles. The molecule has 4 aromatic rings. The van der Waals surface area contributed by atoms with Gasteiger partial charge in [-0.1, -0.05) is 166 Å². The summed E-state index contributed by atoms with van der Waals surface area (Å²) in [7, 11) is 4.61. The fraction of sp³-hybridized carbons (Fsp3) is 0.510. The first-order chi connectivity index (χ1) is 58.4. The number of carbonyl (C=O) groups is 6. The number of carbonyl (C=O) groups excluding carboxylic acids is 6. The number of amides is 3. The van der Waals surface area contributed by atoms with Crippen LogP contribution in [0, 0.1) is 53.3 Å². The van der Waals surface area contributed by atoms with E-state index in [9.17, 15) is 79.1 Å². The minimum Gasteiger partial charge on any atom is -0.508 e. The molecule has 0 unspecified atom stereocenters. The molecule has 124 heavy (non-hydrogen) atoms. The molecule has 4 aromatic carbocycles. The first-order valence-electron chi connectivity index (χ1n) is 42.6. The van der Waals surface area contributed by atoms with E-state index in [4.69, 9.17) is 34.2 Å². The third kappa shape index (κ3) is 30.8. The molecular formula is C98H137FN4O21. The number of benzene rings is 4. The summed E-state index contributed by atoms with van der Waals surface area (Å²) in [6.45, 7) is 31.1. The number of nitrogens with two attached hydrogens (primary N) is 1. The smallest absolute Gasteiger partial charge is 0.303 e. The number of ether oxygens (including phenoxy) is 6. The molecule has 0 fully saturated rings. The second-order valence-corrected chi connectivity index (χ2v) is 33.9. The average molecular weight is 1730 g/mol. The van der Waals surface area contributed by atoms with E-state index in [1.165, 1.54) is 53.2 Å². The third-order valence-corrected chi connectivity index (χ3v) is 23.0. The number of methoxy groups -OCH3 is 3. The molecule has 26 heteroatoms. The summed E-state index contributed by atoms with van der Waals surface area (Å²) in [6, 6.07) is 13.8. The lowest BCUT2D eigenvalue weighted by Gasteiger charge is -2.29. The maximum atomic E-state index is 13.2. The zero-order valence-electron chi connectivity index (χ0n) is 76.1. The van der Waals surface area contributed by atoms with Crippen LogP contribution in [-0.2, 0) is 95.7 Å². The van der Waals surface area contributed by atoms with Gasteiger partial charge in [-0.15, -0.1) is 0 Å². The predicted octanol–water partition coefficient (Wildman–Crippen LogP) is 16.2. The van der Waals surface area contributed by atoms with E-state index in [2.05, 4.69) is 16.0 Å². The second-order valence-electron chi connectivity index (χ2n) is 33.9. The maximum absolute atomic E-state index is 13.2. The van der Waals surface area contributed by atoms with Crippen molar-refractivity contribution in [1.29, 1.82) is 0 Å². The molecule has 6 bridgehead atoms. The molecule has 14 N–H and O–H groups in total. The van der Waals surface area contributed by atoms with Gasteiger partial charge < -0.3 is 96.1 Å². The lowest BCUT2D eigenvalue weighted by molar-refractivity contribution is -0.146. The number of halogens is 1. The number of aryl methyl sites for hydroxylation is 1. The van der Waals surface area contributed by atoms with Crippen LogP contribution in [0.2, 0.25) is 0 Å². The minimum absolute atomic E-state index is 0.00319. The first kappa shape index (κ1) is 104. The molecule has 3 heterocycles. The molecule has 3 aliphatic rings. The molecule has 0 aliphatic carbocycles. The van der Waals surface area contributed by atoms with Crippen LogP contribution in [0.3, 0.4) is 0 Å². The molecule has 0 saturated carbocycles. The number of phenols is 6. The number of alkyl halides is 1. The number of hydrogen-bond donors (Lipinski definition) is 13. The summed E-state index contributed by atoms with van der Waals surface area (Å²) >= 11 is 0. The summed E-state index contributed by atoms with van der Waals surface area (Å²) < 4.78 is 47.0. The second kappa shape index (κ2) is 50.0. The molecule has 682 valence electrons. The summed E-state index contributed by atoms with van der Waals surface area (Å²) in [5.74, 6) is -5.53. The van der Waals surface area contributed by atoms with Gasteiger partial charge in [0.05, 0.1) is 66.0 Å². The van der Waals surface area contributed by atoms with Crippen molar-refractivity contribution in [2.24, 2.45) is 53.3 Å². The summed E-state index contributed by atoms with van der Waals surface area (Å²) in [5, 5.41) is 108. The van der Waals surface area contributed by atoms with E-state index in [1.54, 1.807) is 64.3 Å². The van der Waals surface area contributed by atoms with Crippen molar-refractivity contribution in [2.45, 2.75) is 244 Å². The van der Waals surface area contributed by atoms with Gasteiger partial charge in [0.1, 0.15) is 52.8 Å². The van der Waals surface area contributed by atoms with Gasteiger partial charge in [-0.05, 0) is 146 Å². The molecule has 7 rings (SSSR count). The zero-order chi connectivity index (χ0) is 92.8. The SMILES string of the molecule is CO[C@H]1C[C@H](C)Cc2c(N)c(O)cc(c2O)NC(=O)/C(C)=C/C=C\[C@H](C)[C@@H](OC(C)=O)/C(C)=C/[C@H](C)[C@H]1O.CO[C@H]1C[C@H](C)Cc2c(O)c(cc(O)c2CCCF)NC(=O)/C(C)=C/C=C\[C@H](C)[C@@H](OC(C)=O)/C(C)=C/[C@H](C)[C@H]1O.CO[C@H]1C[C@H](C)Cc2c(O)c(cc(O)c2CCc2ccccc2)NC(=O)/C(C)=C/C=C\[C@H](C)[C@@H](OC(C)=O)/C(C)=C/[C@H](C)[C@H]1O. The predicted molar refractivity (Wildman–Crippen MR) is 482 cm³/mol. The van der Waals surface area contributed by atoms with Crippen molar-refractivity contribution in [3.63, 3.8) is 0 Å². The van der Waals surface area contributed by atoms with E-state index in [1.807, 2.05) is 150 Å². The van der Waals surface area contributed by atoms with Gasteiger partial charge in [-0.3, -0.25) is 33.2 Å².